The van der Waals surface area contributed by atoms with Crippen LogP contribution >= 0.6 is 0 Å². The molecular weight excluding hydrogens is 114 g/mol. The van der Waals surface area contributed by atoms with Crippen molar-refractivity contribution in [3.63, 3.8) is 0 Å². The van der Waals surface area contributed by atoms with Gasteiger partial charge in [0.1, 0.15) is 0 Å². The van der Waals surface area contributed by atoms with Gasteiger partial charge >= 0.3 is 0 Å². The molecule has 2 N–H and O–H groups in total. The number of aliphatic hydroxyl groups is 1. The number of nitrogens with one attached hydrogen (secondary N) is 1. The predicted molar refractivity (Wildman–Crippen MR) is 35.2 cm³/mol. The fourth-order valence-corrected chi connectivity index (χ4v) is 1.67. The highest BCUT2D eigenvalue weighted by Gasteiger charge is 2.49. The van der Waals surface area contributed by atoms with Gasteiger partial charge < -0.3 is 10.4 Å². The van der Waals surface area contributed by atoms with Crippen LogP contribution in [-0.4, -0.2) is 24.3 Å². The van der Waals surface area contributed by atoms with E-state index < -0.39 is 0 Å². The minimum absolute atomic E-state index is 0.00116. The summed E-state index contributed by atoms with van der Waals surface area (Å²) in [5, 5.41) is 12.8. The Labute approximate surface area is 55.3 Å². The van der Waals surface area contributed by atoms with E-state index in [0.717, 1.165) is 19.5 Å². The van der Waals surface area contributed by atoms with Gasteiger partial charge in [-0.15, -0.1) is 0 Å². The second kappa shape index (κ2) is 1.70. The van der Waals surface area contributed by atoms with E-state index in [-0.39, 0.29) is 6.10 Å². The Kier molecular flexibility index (Phi) is 1.08. The maximum atomic E-state index is 9.46. The van der Waals surface area contributed by atoms with Crippen LogP contribution in [0, 0.1) is 5.41 Å². The summed E-state index contributed by atoms with van der Waals surface area (Å²) < 4.78 is 0. The zero-order chi connectivity index (χ0) is 6.32. The Balaban J connectivity index is 2.03. The molecule has 1 saturated heterocycles. The van der Waals surface area contributed by atoms with E-state index in [9.17, 15) is 5.11 Å². The van der Waals surface area contributed by atoms with Crippen LogP contribution < -0.4 is 5.32 Å². The van der Waals surface area contributed by atoms with Crippen LogP contribution in [0.3, 0.4) is 0 Å². The zero-order valence-electron chi connectivity index (χ0n) is 5.56. The zero-order valence-corrected chi connectivity index (χ0v) is 5.56. The molecule has 9 heavy (non-hydrogen) atoms. The summed E-state index contributed by atoms with van der Waals surface area (Å²) in [4.78, 5) is 0. The summed E-state index contributed by atoms with van der Waals surface area (Å²) in [5.74, 6) is 0. The Morgan fingerprint density at radius 3 is 2.67 bits per heavy atom. The summed E-state index contributed by atoms with van der Waals surface area (Å²) in [5.41, 5.74) is 0.332. The topological polar surface area (TPSA) is 32.3 Å². The molecule has 1 aliphatic heterocycles. The largest absolute Gasteiger partial charge is 0.392 e. The maximum absolute atomic E-state index is 9.46. The SMILES string of the molecule is OC1CCNCC12CC2. The number of aliphatic hydroxyl groups excluding tert-OH is 1. The first-order chi connectivity index (χ1) is 4.33. The summed E-state index contributed by atoms with van der Waals surface area (Å²) in [7, 11) is 0. The van der Waals surface area contributed by atoms with Crippen molar-refractivity contribution in [1.29, 1.82) is 0 Å². The predicted octanol–water partition coefficient (Wildman–Crippen LogP) is 0.121. The van der Waals surface area contributed by atoms with E-state index in [1.807, 2.05) is 0 Å². The standard InChI is InChI=1S/C7H13NO/c9-6-1-4-8-5-7(6)2-3-7/h6,8-9H,1-5H2. The summed E-state index contributed by atoms with van der Waals surface area (Å²) >= 11 is 0. The van der Waals surface area contributed by atoms with Crippen LogP contribution in [0.1, 0.15) is 19.3 Å². The van der Waals surface area contributed by atoms with Crippen LogP contribution in [0.5, 0.6) is 0 Å². The molecule has 0 aromatic carbocycles. The number of rotatable bonds is 0. The number of hydrogen-bond donors (Lipinski definition) is 2. The minimum atomic E-state index is -0.00116. The van der Waals surface area contributed by atoms with Gasteiger partial charge in [0.2, 0.25) is 0 Å². The van der Waals surface area contributed by atoms with Crippen LogP contribution in [0.2, 0.25) is 0 Å². The lowest BCUT2D eigenvalue weighted by atomic mass is 9.93. The lowest BCUT2D eigenvalue weighted by Gasteiger charge is -2.27. The molecule has 0 aromatic heterocycles. The average Bonchev–Trinajstić information content (AvgIpc) is 2.60. The van der Waals surface area contributed by atoms with Gasteiger partial charge in [-0.2, -0.15) is 0 Å². The van der Waals surface area contributed by atoms with Gasteiger partial charge in [-0.3, -0.25) is 0 Å². The first kappa shape index (κ1) is 5.69. The molecule has 0 bridgehead atoms. The summed E-state index contributed by atoms with van der Waals surface area (Å²) in [6.45, 7) is 2.05. The fraction of sp³-hybridized carbons (Fsp3) is 1.00. The molecule has 1 unspecified atom stereocenters. The van der Waals surface area contributed by atoms with Crippen molar-refractivity contribution in [3.8, 4) is 0 Å². The molecule has 52 valence electrons. The molecule has 1 heterocycles. The van der Waals surface area contributed by atoms with Gasteiger partial charge in [0.15, 0.2) is 0 Å². The molecule has 1 aliphatic carbocycles. The smallest absolute Gasteiger partial charge is 0.0620 e. The Morgan fingerprint density at radius 2 is 2.22 bits per heavy atom. The van der Waals surface area contributed by atoms with Crippen molar-refractivity contribution in [2.75, 3.05) is 13.1 Å². The van der Waals surface area contributed by atoms with Crippen molar-refractivity contribution in [1.82, 2.24) is 5.32 Å². The molecule has 1 spiro atoms. The lowest BCUT2D eigenvalue weighted by Crippen LogP contribution is -2.41. The third-order valence-corrected chi connectivity index (χ3v) is 2.67. The number of hydrogen-bond acceptors (Lipinski definition) is 2. The van der Waals surface area contributed by atoms with Gasteiger partial charge in [-0.05, 0) is 25.8 Å². The quantitative estimate of drug-likeness (QED) is 0.484. The molecule has 2 fully saturated rings. The van der Waals surface area contributed by atoms with Crippen molar-refractivity contribution >= 4 is 0 Å². The fourth-order valence-electron chi connectivity index (χ4n) is 1.67. The highest BCUT2D eigenvalue weighted by molar-refractivity contribution is 5.02. The molecule has 0 amide bonds. The first-order valence-corrected chi connectivity index (χ1v) is 3.72. The van der Waals surface area contributed by atoms with Crippen molar-refractivity contribution in [3.05, 3.63) is 0 Å². The molecule has 1 saturated carbocycles. The third-order valence-electron chi connectivity index (χ3n) is 2.67. The van der Waals surface area contributed by atoms with E-state index in [2.05, 4.69) is 5.32 Å². The van der Waals surface area contributed by atoms with Crippen LogP contribution in [0.15, 0.2) is 0 Å². The number of piperidine rings is 1. The molecule has 2 aliphatic rings. The molecule has 0 aromatic rings. The van der Waals surface area contributed by atoms with E-state index >= 15 is 0 Å². The van der Waals surface area contributed by atoms with Crippen LogP contribution in [-0.2, 0) is 0 Å². The monoisotopic (exact) mass is 127 g/mol. The second-order valence-corrected chi connectivity index (χ2v) is 3.34. The van der Waals surface area contributed by atoms with Crippen LogP contribution in [0.25, 0.3) is 0 Å². The van der Waals surface area contributed by atoms with Crippen molar-refractivity contribution in [2.24, 2.45) is 5.41 Å². The molecular formula is C7H13NO. The highest BCUT2D eigenvalue weighted by atomic mass is 16.3. The van der Waals surface area contributed by atoms with Gasteiger partial charge in [-0.25, -0.2) is 0 Å². The van der Waals surface area contributed by atoms with Crippen LogP contribution in [0.4, 0.5) is 0 Å². The highest BCUT2D eigenvalue weighted by Crippen LogP contribution is 2.50. The van der Waals surface area contributed by atoms with Gasteiger partial charge in [0, 0.05) is 12.0 Å². The van der Waals surface area contributed by atoms with Gasteiger partial charge in [0.25, 0.3) is 0 Å². The van der Waals surface area contributed by atoms with E-state index in [1.54, 1.807) is 0 Å². The Morgan fingerprint density at radius 1 is 1.44 bits per heavy atom. The van der Waals surface area contributed by atoms with E-state index in [0.29, 0.717) is 5.41 Å². The van der Waals surface area contributed by atoms with E-state index in [1.165, 1.54) is 12.8 Å². The van der Waals surface area contributed by atoms with E-state index in [4.69, 9.17) is 0 Å². The molecule has 0 radical (unpaired) electrons. The average molecular weight is 127 g/mol. The molecule has 2 heteroatoms. The van der Waals surface area contributed by atoms with Crippen molar-refractivity contribution < 1.29 is 5.11 Å². The third kappa shape index (κ3) is 0.775. The maximum Gasteiger partial charge on any atom is 0.0620 e. The normalized spacial score (nSPS) is 39.0. The summed E-state index contributed by atoms with van der Waals surface area (Å²) in [6.07, 6.45) is 3.43. The molecule has 1 atom stereocenters. The van der Waals surface area contributed by atoms with Gasteiger partial charge in [-0.1, -0.05) is 0 Å². The first-order valence-electron chi connectivity index (χ1n) is 3.72. The van der Waals surface area contributed by atoms with Gasteiger partial charge in [0.05, 0.1) is 6.10 Å². The molecule has 2 nitrogen and oxygen atoms in total. The lowest BCUT2D eigenvalue weighted by molar-refractivity contribution is 0.0644. The Hall–Kier alpha value is -0.0800. The summed E-state index contributed by atoms with van der Waals surface area (Å²) in [6, 6.07) is 0. The second-order valence-electron chi connectivity index (χ2n) is 3.34. The van der Waals surface area contributed by atoms with Crippen molar-refractivity contribution in [2.45, 2.75) is 25.4 Å². The Bertz CT molecular complexity index is 120. The minimum Gasteiger partial charge on any atom is -0.392 e. The molecule has 2 rings (SSSR count).